The highest BCUT2D eigenvalue weighted by Crippen LogP contribution is 2.18. The number of halogens is 4. The van der Waals surface area contributed by atoms with E-state index in [0.717, 1.165) is 8.96 Å². The van der Waals surface area contributed by atoms with Crippen molar-refractivity contribution in [1.82, 2.24) is 5.10 Å². The zero-order valence-electron chi connectivity index (χ0n) is 11.2. The molecule has 124 valence electrons. The van der Waals surface area contributed by atoms with Crippen molar-refractivity contribution in [2.75, 3.05) is 5.75 Å². The van der Waals surface area contributed by atoms with E-state index < -0.39 is 28.0 Å². The molecule has 11 heteroatoms. The quantitative estimate of drug-likeness (QED) is 0.393. The van der Waals surface area contributed by atoms with Gasteiger partial charge in [0, 0.05) is 20.1 Å². The van der Waals surface area contributed by atoms with E-state index in [1.807, 2.05) is 18.2 Å². The lowest BCUT2D eigenvalue weighted by Crippen LogP contribution is -2.41. The van der Waals surface area contributed by atoms with Crippen molar-refractivity contribution in [1.29, 1.82) is 0 Å². The van der Waals surface area contributed by atoms with Gasteiger partial charge in [-0.1, -0.05) is 16.8 Å². The third-order valence-electron chi connectivity index (χ3n) is 2.68. The average Bonchev–Trinajstić information content (AvgIpc) is 2.44. The van der Waals surface area contributed by atoms with Crippen molar-refractivity contribution in [3.8, 4) is 0 Å². The largest absolute Gasteiger partial charge is 0.492 e. The fourth-order valence-electron chi connectivity index (χ4n) is 1.63. The molecule has 0 radical (unpaired) electrons. The van der Waals surface area contributed by atoms with Crippen molar-refractivity contribution in [3.63, 3.8) is 0 Å². The lowest BCUT2D eigenvalue weighted by Gasteiger charge is -2.06. The van der Waals surface area contributed by atoms with Crippen LogP contribution >= 0.6 is 22.6 Å². The van der Waals surface area contributed by atoms with E-state index in [-0.39, 0.29) is 6.54 Å². The molecule has 0 bridgehead atoms. The number of nitrogens with zero attached hydrogens (tertiary/aromatic N) is 2. The molecule has 0 fully saturated rings. The first-order valence-electron chi connectivity index (χ1n) is 6.07. The maximum atomic E-state index is 12.0. The predicted octanol–water partition coefficient (Wildman–Crippen LogP) is 1.56. The van der Waals surface area contributed by atoms with Gasteiger partial charge in [0.15, 0.2) is 18.3 Å². The summed E-state index contributed by atoms with van der Waals surface area (Å²) in [6.07, 6.45) is -3.88. The number of benzene rings is 1. The van der Waals surface area contributed by atoms with Crippen molar-refractivity contribution >= 4 is 49.6 Å². The Kier molecular flexibility index (Phi) is 5.08. The molecule has 2 rings (SSSR count). The number of hydrogen-bond donors (Lipinski definition) is 0. The number of aromatic nitrogens is 2. The van der Waals surface area contributed by atoms with Crippen molar-refractivity contribution in [3.05, 3.63) is 34.0 Å². The molecule has 0 unspecified atom stereocenters. The average molecular weight is 461 g/mol. The normalized spacial score (nSPS) is 12.3. The first-order chi connectivity index (χ1) is 10.6. The van der Waals surface area contributed by atoms with Crippen LogP contribution in [0.2, 0.25) is 0 Å². The standard InChI is InChI=1S/C12H9F3IN2O4S/c13-12(14,15)11(19)22-23(20,21)7-6-18-5-4-8-2-1-3-9(16)10(8)17-18/h1-5H,6-7H2/q+1. The number of hydrogen-bond acceptors (Lipinski definition) is 5. The van der Waals surface area contributed by atoms with E-state index in [1.165, 1.54) is 10.9 Å². The Morgan fingerprint density at radius 2 is 2.00 bits per heavy atom. The van der Waals surface area contributed by atoms with Crippen LogP contribution in [0.4, 0.5) is 13.2 Å². The summed E-state index contributed by atoms with van der Waals surface area (Å²) >= 11 is 2.06. The maximum absolute atomic E-state index is 12.0. The first-order valence-corrected chi connectivity index (χ1v) is 8.72. The molecule has 0 atom stereocenters. The molecular weight excluding hydrogens is 452 g/mol. The highest BCUT2D eigenvalue weighted by Gasteiger charge is 2.43. The van der Waals surface area contributed by atoms with Crippen molar-refractivity contribution in [2.24, 2.45) is 0 Å². The molecule has 1 aromatic heterocycles. The van der Waals surface area contributed by atoms with Crippen molar-refractivity contribution < 1.29 is 35.2 Å². The van der Waals surface area contributed by atoms with E-state index in [0.29, 0.717) is 5.52 Å². The fraction of sp³-hybridized carbons (Fsp3) is 0.250. The molecule has 0 amide bonds. The molecule has 0 N–H and O–H groups in total. The third kappa shape index (κ3) is 4.73. The van der Waals surface area contributed by atoms with Crippen LogP contribution in [0.25, 0.3) is 10.9 Å². The summed E-state index contributed by atoms with van der Waals surface area (Å²) in [4.78, 5) is 10.6. The van der Waals surface area contributed by atoms with Crippen LogP contribution in [0.15, 0.2) is 30.5 Å². The van der Waals surface area contributed by atoms with Crippen LogP contribution in [0.1, 0.15) is 0 Å². The number of rotatable bonds is 4. The third-order valence-corrected chi connectivity index (χ3v) is 4.64. The number of fused-ring (bicyclic) bond motifs is 1. The maximum Gasteiger partial charge on any atom is 0.492 e. The molecule has 0 spiro atoms. The van der Waals surface area contributed by atoms with E-state index >= 15 is 0 Å². The first kappa shape index (κ1) is 17.8. The smallest absolute Gasteiger partial charge is 0.338 e. The van der Waals surface area contributed by atoms with Gasteiger partial charge in [-0.2, -0.15) is 21.6 Å². The monoisotopic (exact) mass is 461 g/mol. The fourth-order valence-corrected chi connectivity index (χ4v) is 3.08. The van der Waals surface area contributed by atoms with Gasteiger partial charge in [-0.15, -0.1) is 0 Å². The summed E-state index contributed by atoms with van der Waals surface area (Å²) in [6, 6.07) is 7.15. The molecule has 0 aliphatic heterocycles. The van der Waals surface area contributed by atoms with Crippen LogP contribution in [0.3, 0.4) is 0 Å². The second-order valence-electron chi connectivity index (χ2n) is 4.39. The Bertz CT molecular complexity index is 855. The number of carbonyl (C=O) groups excluding carboxylic acids is 1. The lowest BCUT2D eigenvalue weighted by atomic mass is 10.2. The highest BCUT2D eigenvalue weighted by molar-refractivity contribution is 14.1. The molecule has 6 nitrogen and oxygen atoms in total. The van der Waals surface area contributed by atoms with Gasteiger partial charge in [0.2, 0.25) is 0 Å². The van der Waals surface area contributed by atoms with Gasteiger partial charge >= 0.3 is 22.3 Å². The minimum Gasteiger partial charge on any atom is -0.338 e. The molecule has 2 aromatic rings. The number of alkyl halides is 3. The number of aryl methyl sites for hydroxylation is 1. The minimum atomic E-state index is -5.36. The molecule has 1 aromatic carbocycles. The van der Waals surface area contributed by atoms with Gasteiger partial charge in [-0.3, -0.25) is 0 Å². The molecule has 23 heavy (non-hydrogen) atoms. The molecule has 1 heterocycles. The summed E-state index contributed by atoms with van der Waals surface area (Å²) < 4.78 is 64.4. The van der Waals surface area contributed by atoms with Gasteiger partial charge < -0.3 is 4.18 Å². The van der Waals surface area contributed by atoms with Gasteiger partial charge in [0.1, 0.15) is 5.75 Å². The Morgan fingerprint density at radius 1 is 1.30 bits per heavy atom. The molecule has 0 saturated carbocycles. The molecule has 0 saturated heterocycles. The Morgan fingerprint density at radius 3 is 2.65 bits per heavy atom. The predicted molar refractivity (Wildman–Crippen MR) is 80.6 cm³/mol. The zero-order chi connectivity index (χ0) is 17.3. The van der Waals surface area contributed by atoms with Crippen molar-refractivity contribution in [2.45, 2.75) is 12.7 Å². The summed E-state index contributed by atoms with van der Waals surface area (Å²) in [5.41, 5.74) is 0.625. The van der Waals surface area contributed by atoms with E-state index in [2.05, 4.69) is 31.9 Å². The number of carbonyl (C=O) groups is 1. The molecular formula is C12H9F3IN2O4S+. The second kappa shape index (κ2) is 6.55. The van der Waals surface area contributed by atoms with Gasteiger partial charge in [-0.25, -0.2) is 4.79 Å². The van der Waals surface area contributed by atoms with Gasteiger partial charge in [0.05, 0.1) is 0 Å². The topological polar surface area (TPSA) is 77.2 Å². The minimum absolute atomic E-state index is 0.256. The Labute approximate surface area is 142 Å². The lowest BCUT2D eigenvalue weighted by molar-refractivity contribution is -0.747. The van der Waals surface area contributed by atoms with E-state index in [9.17, 15) is 26.4 Å². The Balaban J connectivity index is 2.11. The highest BCUT2D eigenvalue weighted by atomic mass is 127. The van der Waals surface area contributed by atoms with Gasteiger partial charge in [-0.05, 0) is 28.7 Å². The van der Waals surface area contributed by atoms with Crippen LogP contribution in [0.5, 0.6) is 0 Å². The summed E-state index contributed by atoms with van der Waals surface area (Å²) in [7, 11) is -4.66. The summed E-state index contributed by atoms with van der Waals surface area (Å²) in [5.74, 6) is -3.58. The molecule has 0 aliphatic carbocycles. The van der Waals surface area contributed by atoms with Crippen LogP contribution in [-0.2, 0) is 25.6 Å². The second-order valence-corrected chi connectivity index (χ2v) is 7.24. The van der Waals surface area contributed by atoms with E-state index in [4.69, 9.17) is 0 Å². The van der Waals surface area contributed by atoms with Crippen LogP contribution < -0.4 is 4.68 Å². The van der Waals surface area contributed by atoms with E-state index in [1.54, 1.807) is 6.07 Å². The summed E-state index contributed by atoms with van der Waals surface area (Å²) in [5, 5.41) is 5.02. The summed E-state index contributed by atoms with van der Waals surface area (Å²) in [6.45, 7) is -0.256. The Hall–Kier alpha value is -1.50. The van der Waals surface area contributed by atoms with Crippen LogP contribution in [-0.4, -0.2) is 31.4 Å². The zero-order valence-corrected chi connectivity index (χ0v) is 14.2. The van der Waals surface area contributed by atoms with Crippen LogP contribution in [0, 0.1) is 3.57 Å². The van der Waals surface area contributed by atoms with Gasteiger partial charge in [0.25, 0.3) is 0 Å². The molecule has 0 aliphatic rings. The SMILES string of the molecule is O=C(OS(=O)(=O)CC[n+]1ccc2cccc(I)c2n1)C(F)(F)F.